The van der Waals surface area contributed by atoms with E-state index in [1.165, 1.54) is 5.56 Å². The van der Waals surface area contributed by atoms with Gasteiger partial charge in [-0.2, -0.15) is 0 Å². The number of nitrogen functional groups attached to an aromatic ring is 1. The molecule has 3 atom stereocenters. The van der Waals surface area contributed by atoms with Gasteiger partial charge >= 0.3 is 6.09 Å². The highest BCUT2D eigenvalue weighted by molar-refractivity contribution is 6.74. The van der Waals surface area contributed by atoms with Crippen LogP contribution >= 0.6 is 0 Å². The third kappa shape index (κ3) is 8.75. The molecule has 5 rings (SSSR count). The Morgan fingerprint density at radius 1 is 1.02 bits per heavy atom. The number of nitrogens with two attached hydrogens (primary N) is 1. The molecule has 0 saturated carbocycles. The zero-order chi connectivity index (χ0) is 36.6. The molecule has 3 aromatic rings. The van der Waals surface area contributed by atoms with Gasteiger partial charge in [-0.05, 0) is 102 Å². The van der Waals surface area contributed by atoms with Gasteiger partial charge in [0.25, 0.3) is 5.91 Å². The van der Waals surface area contributed by atoms with Crippen molar-refractivity contribution in [1.29, 1.82) is 0 Å². The van der Waals surface area contributed by atoms with E-state index in [-0.39, 0.29) is 28.8 Å². The molecule has 4 N–H and O–H groups in total. The quantitative estimate of drug-likeness (QED) is 0.222. The number of benzene rings is 1. The summed E-state index contributed by atoms with van der Waals surface area (Å²) in [6.07, 6.45) is 4.83. The second-order valence-corrected chi connectivity index (χ2v) is 21.5. The number of carbonyl (C=O) groups excluding carboxylic acids is 2. The van der Waals surface area contributed by atoms with E-state index in [0.717, 1.165) is 42.5 Å². The third-order valence-corrected chi connectivity index (χ3v) is 15.0. The van der Waals surface area contributed by atoms with Crippen LogP contribution in [-0.4, -0.2) is 86.2 Å². The average molecular weight is 704 g/mol. The van der Waals surface area contributed by atoms with E-state index in [2.05, 4.69) is 91.5 Å². The Hall–Kier alpha value is -3.74. The normalized spacial score (nSPS) is 21.2. The lowest BCUT2D eigenvalue weighted by atomic mass is 9.89. The Morgan fingerprint density at radius 2 is 1.72 bits per heavy atom. The van der Waals surface area contributed by atoms with Gasteiger partial charge in [-0.3, -0.25) is 9.78 Å². The van der Waals surface area contributed by atoms with Gasteiger partial charge in [0, 0.05) is 30.6 Å². The Labute approximate surface area is 298 Å². The fraction of sp³-hybridized carbons (Fsp3) is 0.579. The number of hydrogen-bond acceptors (Lipinski definition) is 9. The summed E-state index contributed by atoms with van der Waals surface area (Å²) < 4.78 is 12.6. The van der Waals surface area contributed by atoms with Crippen LogP contribution in [0, 0.1) is 5.92 Å². The summed E-state index contributed by atoms with van der Waals surface area (Å²) in [5.74, 6) is 0.111. The molecule has 2 saturated heterocycles. The number of hydrogen-bond donors (Lipinski definition) is 3. The zero-order valence-electron chi connectivity index (χ0n) is 31.6. The molecule has 2 fully saturated rings. The lowest BCUT2D eigenvalue weighted by Gasteiger charge is -2.48. The third-order valence-electron chi connectivity index (χ3n) is 10.5. The summed E-state index contributed by atoms with van der Waals surface area (Å²) in [7, 11) is -0.0265. The van der Waals surface area contributed by atoms with Crippen molar-refractivity contribution in [3.8, 4) is 0 Å². The van der Waals surface area contributed by atoms with Crippen LogP contribution in [0.25, 0.3) is 10.9 Å². The van der Waals surface area contributed by atoms with Gasteiger partial charge < -0.3 is 35.3 Å². The molecule has 2 aromatic heterocycles. The first-order valence-electron chi connectivity index (χ1n) is 17.9. The topological polar surface area (TPSA) is 135 Å². The molecule has 11 nitrogen and oxygen atoms in total. The molecule has 0 aliphatic carbocycles. The molecular weight excluding hydrogens is 647 g/mol. The monoisotopic (exact) mass is 703 g/mol. The molecule has 2 aliphatic rings. The van der Waals surface area contributed by atoms with Crippen molar-refractivity contribution in [2.75, 3.05) is 49.2 Å². The number of amides is 2. The van der Waals surface area contributed by atoms with E-state index < -0.39 is 25.9 Å². The fourth-order valence-corrected chi connectivity index (χ4v) is 8.11. The van der Waals surface area contributed by atoms with E-state index in [9.17, 15) is 9.59 Å². The highest BCUT2D eigenvalue weighted by Gasteiger charge is 2.45. The molecule has 50 heavy (non-hydrogen) atoms. The molecule has 0 bridgehead atoms. The number of aromatic nitrogens is 2. The molecule has 0 radical (unpaired) electrons. The van der Waals surface area contributed by atoms with Crippen molar-refractivity contribution in [2.45, 2.75) is 103 Å². The van der Waals surface area contributed by atoms with Crippen LogP contribution in [0.2, 0.25) is 18.1 Å². The lowest BCUT2D eigenvalue weighted by Crippen LogP contribution is -2.63. The average Bonchev–Trinajstić information content (AvgIpc) is 3.01. The molecule has 2 amide bonds. The summed E-state index contributed by atoms with van der Waals surface area (Å²) >= 11 is 0. The van der Waals surface area contributed by atoms with Crippen LogP contribution in [0.1, 0.15) is 83.3 Å². The molecule has 2 aliphatic heterocycles. The SMILES string of the molecule is C[C@H]1CN(c2ccncc2NC(=O)c2nc3cc(C4CCN(C)CC4)ccc3cc2N)C[C@@H](NC(=O)OC(C)(C)C)[C@@H]1O[Si](C)(C)C(C)(C)C. The number of pyridine rings is 2. The molecule has 0 unspecified atom stereocenters. The van der Waals surface area contributed by atoms with Crippen LogP contribution in [0.3, 0.4) is 0 Å². The first kappa shape index (κ1) is 37.5. The minimum absolute atomic E-state index is 0.00398. The molecular formula is C38H57N7O4Si. The number of nitrogens with zero attached hydrogens (tertiary/aromatic N) is 4. The van der Waals surface area contributed by atoms with Gasteiger partial charge in [-0.15, -0.1) is 0 Å². The Bertz CT molecular complexity index is 1690. The molecule has 1 aromatic carbocycles. The number of piperidine rings is 2. The Kier molecular flexibility index (Phi) is 10.9. The Balaban J connectivity index is 1.40. The number of fused-ring (bicyclic) bond motifs is 1. The van der Waals surface area contributed by atoms with Gasteiger partial charge in [0.1, 0.15) is 5.60 Å². The fourth-order valence-electron chi connectivity index (χ4n) is 6.68. The summed E-state index contributed by atoms with van der Waals surface area (Å²) in [5, 5.41) is 7.09. The number of rotatable bonds is 7. The maximum absolute atomic E-state index is 13.9. The zero-order valence-corrected chi connectivity index (χ0v) is 32.6. The first-order valence-corrected chi connectivity index (χ1v) is 20.8. The van der Waals surface area contributed by atoms with E-state index >= 15 is 0 Å². The summed E-state index contributed by atoms with van der Waals surface area (Å²) in [6.45, 7) is 22.0. The molecule has 4 heterocycles. The molecule has 12 heteroatoms. The van der Waals surface area contributed by atoms with E-state index in [4.69, 9.17) is 19.9 Å². The highest BCUT2D eigenvalue weighted by atomic mass is 28.4. The number of alkyl carbamates (subject to hydrolysis) is 1. The molecule has 272 valence electrons. The second kappa shape index (κ2) is 14.5. The van der Waals surface area contributed by atoms with Gasteiger partial charge in [0.05, 0.1) is 40.9 Å². The number of likely N-dealkylation sites (tertiary alicyclic amines) is 1. The van der Waals surface area contributed by atoms with Gasteiger partial charge in [-0.25, -0.2) is 9.78 Å². The van der Waals surface area contributed by atoms with Crippen molar-refractivity contribution in [3.63, 3.8) is 0 Å². The van der Waals surface area contributed by atoms with Crippen molar-refractivity contribution >= 4 is 48.3 Å². The number of ether oxygens (including phenoxy) is 1. The maximum atomic E-state index is 13.9. The summed E-state index contributed by atoms with van der Waals surface area (Å²) in [5.41, 5.74) is 9.58. The van der Waals surface area contributed by atoms with Crippen LogP contribution < -0.4 is 21.3 Å². The van der Waals surface area contributed by atoms with E-state index in [1.54, 1.807) is 12.4 Å². The van der Waals surface area contributed by atoms with Crippen molar-refractivity contribution in [2.24, 2.45) is 5.92 Å². The van der Waals surface area contributed by atoms with E-state index in [0.29, 0.717) is 30.4 Å². The van der Waals surface area contributed by atoms with Gasteiger partial charge in [0.2, 0.25) is 0 Å². The maximum Gasteiger partial charge on any atom is 0.408 e. The number of nitrogens with one attached hydrogen (secondary N) is 2. The minimum Gasteiger partial charge on any atom is -0.444 e. The molecule has 0 spiro atoms. The summed E-state index contributed by atoms with van der Waals surface area (Å²) in [6, 6.07) is 9.65. The van der Waals surface area contributed by atoms with Crippen LogP contribution in [0.15, 0.2) is 42.7 Å². The highest BCUT2D eigenvalue weighted by Crippen LogP contribution is 2.40. The lowest BCUT2D eigenvalue weighted by molar-refractivity contribution is 0.0336. The van der Waals surface area contributed by atoms with Crippen molar-refractivity contribution < 1.29 is 18.8 Å². The van der Waals surface area contributed by atoms with Gasteiger partial charge in [0.15, 0.2) is 14.0 Å². The summed E-state index contributed by atoms with van der Waals surface area (Å²) in [4.78, 5) is 40.6. The predicted molar refractivity (Wildman–Crippen MR) is 204 cm³/mol. The predicted octanol–water partition coefficient (Wildman–Crippen LogP) is 7.01. The van der Waals surface area contributed by atoms with Crippen molar-refractivity contribution in [3.05, 3.63) is 54.0 Å². The smallest absolute Gasteiger partial charge is 0.408 e. The first-order chi connectivity index (χ1) is 23.3. The van der Waals surface area contributed by atoms with Crippen LogP contribution in [-0.2, 0) is 9.16 Å². The standard InChI is InChI=1S/C38H57N7O4Si/c1-24-22-45(23-31(43-36(47)48-37(2,3)4)34(24)49-50(9,10)38(5,6)7)32-13-16-40-21-30(32)42-35(46)33-28(39)19-27-12-11-26(20-29(27)41-33)25-14-17-44(8)18-15-25/h11-13,16,19-21,24-25,31,34H,14-15,17-18,22-23,39H2,1-10H3,(H,42,46)(H,43,47)/t24-,31+,34+/m0/s1. The van der Waals surface area contributed by atoms with Crippen LogP contribution in [0.4, 0.5) is 21.9 Å². The van der Waals surface area contributed by atoms with Crippen LogP contribution in [0.5, 0.6) is 0 Å². The number of carbonyl (C=O) groups is 2. The van der Waals surface area contributed by atoms with E-state index in [1.807, 2.05) is 32.9 Å². The minimum atomic E-state index is -2.19. The number of anilines is 3. The van der Waals surface area contributed by atoms with Crippen molar-refractivity contribution in [1.82, 2.24) is 20.2 Å². The Morgan fingerprint density at radius 3 is 2.38 bits per heavy atom. The second-order valence-electron chi connectivity index (χ2n) is 16.8. The largest absolute Gasteiger partial charge is 0.444 e. The van der Waals surface area contributed by atoms with Gasteiger partial charge in [-0.1, -0.05) is 39.8 Å².